The average molecular weight is 285 g/mol. The van der Waals surface area contributed by atoms with E-state index in [9.17, 15) is 9.59 Å². The number of carboxylic acids is 1. The molecular weight excluding hydrogens is 270 g/mol. The fourth-order valence-electron chi connectivity index (χ4n) is 1.94. The van der Waals surface area contributed by atoms with Gasteiger partial charge in [-0.2, -0.15) is 0 Å². The number of rotatable bonds is 5. The Morgan fingerprint density at radius 1 is 1.33 bits per heavy atom. The second kappa shape index (κ2) is 6.51. The molecule has 1 heterocycles. The topological polar surface area (TPSA) is 82.5 Å². The van der Waals surface area contributed by atoms with Crippen molar-refractivity contribution in [1.82, 2.24) is 9.88 Å². The summed E-state index contributed by atoms with van der Waals surface area (Å²) < 4.78 is 0. The van der Waals surface area contributed by atoms with Crippen LogP contribution in [0.2, 0.25) is 0 Å². The molecule has 6 nitrogen and oxygen atoms in total. The Morgan fingerprint density at radius 2 is 2.10 bits per heavy atom. The average Bonchev–Trinajstić information content (AvgIpc) is 2.47. The number of carbonyl (C=O) groups is 2. The maximum Gasteiger partial charge on any atom is 0.323 e. The zero-order chi connectivity index (χ0) is 15.2. The molecule has 21 heavy (non-hydrogen) atoms. The molecule has 0 aliphatic heterocycles. The fraction of sp³-hybridized carbons (Fsp3) is 0.133. The Morgan fingerprint density at radius 3 is 2.81 bits per heavy atom. The van der Waals surface area contributed by atoms with Crippen molar-refractivity contribution in [2.75, 3.05) is 18.4 Å². The molecule has 0 bridgehead atoms. The van der Waals surface area contributed by atoms with Gasteiger partial charge in [-0.1, -0.05) is 24.3 Å². The van der Waals surface area contributed by atoms with Gasteiger partial charge in [-0.3, -0.25) is 9.78 Å². The molecule has 6 heteroatoms. The standard InChI is InChI=1S/C15H15N3O3/c1-2-9-18(10-13(19)20)15(21)17-12-7-3-5-11-6-4-8-16-14(11)12/h2-8H,1,9-10H2,(H,17,21)(H,19,20). The fourth-order valence-corrected chi connectivity index (χ4v) is 1.94. The zero-order valence-corrected chi connectivity index (χ0v) is 11.3. The second-order valence-electron chi connectivity index (χ2n) is 4.37. The van der Waals surface area contributed by atoms with Crippen LogP contribution in [-0.4, -0.2) is 40.1 Å². The van der Waals surface area contributed by atoms with Crippen LogP contribution in [0.4, 0.5) is 10.5 Å². The summed E-state index contributed by atoms with van der Waals surface area (Å²) in [5.74, 6) is -1.08. The number of benzene rings is 1. The molecule has 0 fully saturated rings. The van der Waals surface area contributed by atoms with Crippen molar-refractivity contribution in [3.63, 3.8) is 0 Å². The number of para-hydroxylation sites is 1. The monoisotopic (exact) mass is 285 g/mol. The van der Waals surface area contributed by atoms with Gasteiger partial charge in [-0.25, -0.2) is 4.79 Å². The number of pyridine rings is 1. The first kappa shape index (κ1) is 14.5. The number of nitrogens with one attached hydrogen (secondary N) is 1. The third kappa shape index (κ3) is 3.56. The van der Waals surface area contributed by atoms with Gasteiger partial charge in [0.25, 0.3) is 0 Å². The lowest BCUT2D eigenvalue weighted by atomic mass is 10.2. The van der Waals surface area contributed by atoms with Crippen molar-refractivity contribution in [2.45, 2.75) is 0 Å². The third-order valence-corrected chi connectivity index (χ3v) is 2.84. The van der Waals surface area contributed by atoms with Crippen molar-refractivity contribution in [3.8, 4) is 0 Å². The number of hydrogen-bond acceptors (Lipinski definition) is 3. The molecule has 1 aromatic heterocycles. The van der Waals surface area contributed by atoms with Crippen LogP contribution in [0.5, 0.6) is 0 Å². The van der Waals surface area contributed by atoms with Crippen LogP contribution in [0, 0.1) is 0 Å². The van der Waals surface area contributed by atoms with Crippen molar-refractivity contribution in [2.24, 2.45) is 0 Å². The highest BCUT2D eigenvalue weighted by Crippen LogP contribution is 2.20. The van der Waals surface area contributed by atoms with Crippen molar-refractivity contribution in [1.29, 1.82) is 0 Å². The maximum absolute atomic E-state index is 12.2. The number of amides is 2. The van der Waals surface area contributed by atoms with Gasteiger partial charge in [0.1, 0.15) is 6.54 Å². The van der Waals surface area contributed by atoms with E-state index in [0.29, 0.717) is 11.2 Å². The number of anilines is 1. The molecule has 0 saturated heterocycles. The number of urea groups is 1. The van der Waals surface area contributed by atoms with E-state index >= 15 is 0 Å². The van der Waals surface area contributed by atoms with Crippen LogP contribution >= 0.6 is 0 Å². The maximum atomic E-state index is 12.2. The minimum absolute atomic E-state index is 0.149. The van der Waals surface area contributed by atoms with Gasteiger partial charge in [0, 0.05) is 18.1 Å². The summed E-state index contributed by atoms with van der Waals surface area (Å²) in [6.45, 7) is 3.28. The first-order chi connectivity index (χ1) is 10.1. The Balaban J connectivity index is 2.23. The molecular formula is C15H15N3O3. The Hall–Kier alpha value is -2.89. The number of fused-ring (bicyclic) bond motifs is 1. The third-order valence-electron chi connectivity index (χ3n) is 2.84. The minimum atomic E-state index is -1.08. The zero-order valence-electron chi connectivity index (χ0n) is 11.3. The first-order valence-electron chi connectivity index (χ1n) is 6.34. The second-order valence-corrected chi connectivity index (χ2v) is 4.37. The first-order valence-corrected chi connectivity index (χ1v) is 6.34. The quantitative estimate of drug-likeness (QED) is 0.826. The lowest BCUT2D eigenvalue weighted by molar-refractivity contribution is -0.137. The van der Waals surface area contributed by atoms with Crippen molar-refractivity contribution in [3.05, 3.63) is 49.2 Å². The molecule has 0 aliphatic carbocycles. The highest BCUT2D eigenvalue weighted by Gasteiger charge is 2.16. The highest BCUT2D eigenvalue weighted by molar-refractivity contribution is 6.00. The van der Waals surface area contributed by atoms with E-state index in [4.69, 9.17) is 5.11 Å². The van der Waals surface area contributed by atoms with E-state index < -0.39 is 18.5 Å². The van der Waals surface area contributed by atoms with Crippen LogP contribution < -0.4 is 5.32 Å². The summed E-state index contributed by atoms with van der Waals surface area (Å²) in [5.41, 5.74) is 1.19. The minimum Gasteiger partial charge on any atom is -0.480 e. The van der Waals surface area contributed by atoms with Gasteiger partial charge in [-0.05, 0) is 12.1 Å². The number of carboxylic acid groups (broad SMARTS) is 1. The van der Waals surface area contributed by atoms with Crippen LogP contribution in [0.1, 0.15) is 0 Å². The lowest BCUT2D eigenvalue weighted by Gasteiger charge is -2.19. The summed E-state index contributed by atoms with van der Waals surface area (Å²) in [7, 11) is 0. The number of aliphatic carboxylic acids is 1. The van der Waals surface area contributed by atoms with Crippen LogP contribution in [0.15, 0.2) is 49.2 Å². The Kier molecular flexibility index (Phi) is 4.50. The summed E-state index contributed by atoms with van der Waals surface area (Å²) >= 11 is 0. The SMILES string of the molecule is C=CCN(CC(=O)O)C(=O)Nc1cccc2cccnc12. The lowest BCUT2D eigenvalue weighted by Crippen LogP contribution is -2.38. The van der Waals surface area contributed by atoms with Gasteiger partial charge < -0.3 is 15.3 Å². The van der Waals surface area contributed by atoms with Gasteiger partial charge in [0.15, 0.2) is 0 Å². The predicted octanol–water partition coefficient (Wildman–Crippen LogP) is 2.34. The molecule has 2 N–H and O–H groups in total. The molecule has 0 radical (unpaired) electrons. The number of nitrogens with zero attached hydrogens (tertiary/aromatic N) is 2. The highest BCUT2D eigenvalue weighted by atomic mass is 16.4. The molecule has 1 aromatic carbocycles. The summed E-state index contributed by atoms with van der Waals surface area (Å²) in [6.07, 6.45) is 3.11. The summed E-state index contributed by atoms with van der Waals surface area (Å²) in [6, 6.07) is 8.60. The Labute approximate surface area is 121 Å². The molecule has 0 saturated carbocycles. The van der Waals surface area contributed by atoms with Crippen LogP contribution in [0.25, 0.3) is 10.9 Å². The van der Waals surface area contributed by atoms with E-state index in [1.54, 1.807) is 18.3 Å². The van der Waals surface area contributed by atoms with Gasteiger partial charge >= 0.3 is 12.0 Å². The van der Waals surface area contributed by atoms with Crippen LogP contribution in [-0.2, 0) is 4.79 Å². The van der Waals surface area contributed by atoms with Crippen molar-refractivity contribution < 1.29 is 14.7 Å². The smallest absolute Gasteiger partial charge is 0.323 e. The van der Waals surface area contributed by atoms with E-state index in [2.05, 4.69) is 16.9 Å². The molecule has 0 unspecified atom stereocenters. The molecule has 2 rings (SSSR count). The Bertz CT molecular complexity index is 679. The van der Waals surface area contributed by atoms with E-state index in [1.807, 2.05) is 18.2 Å². The van der Waals surface area contributed by atoms with Gasteiger partial charge in [0.2, 0.25) is 0 Å². The van der Waals surface area contributed by atoms with Crippen LogP contribution in [0.3, 0.4) is 0 Å². The largest absolute Gasteiger partial charge is 0.480 e. The van der Waals surface area contributed by atoms with E-state index in [0.717, 1.165) is 10.3 Å². The molecule has 108 valence electrons. The number of hydrogen-bond donors (Lipinski definition) is 2. The van der Waals surface area contributed by atoms with E-state index in [-0.39, 0.29) is 6.54 Å². The summed E-state index contributed by atoms with van der Waals surface area (Å²) in [5, 5.41) is 12.4. The number of carbonyl (C=O) groups excluding carboxylic acids is 1. The summed E-state index contributed by atoms with van der Waals surface area (Å²) in [4.78, 5) is 28.3. The van der Waals surface area contributed by atoms with E-state index in [1.165, 1.54) is 6.08 Å². The normalized spacial score (nSPS) is 10.1. The van der Waals surface area contributed by atoms with Gasteiger partial charge in [-0.15, -0.1) is 6.58 Å². The predicted molar refractivity (Wildman–Crippen MR) is 80.2 cm³/mol. The van der Waals surface area contributed by atoms with Crippen molar-refractivity contribution >= 4 is 28.6 Å². The molecule has 2 amide bonds. The molecule has 0 aliphatic rings. The molecule has 2 aromatic rings. The van der Waals surface area contributed by atoms with Gasteiger partial charge in [0.05, 0.1) is 11.2 Å². The molecule has 0 spiro atoms. The number of aromatic nitrogens is 1. The molecule has 0 atom stereocenters.